The van der Waals surface area contributed by atoms with Gasteiger partial charge in [0.15, 0.2) is 5.82 Å². The normalized spacial score (nSPS) is 11.3. The van der Waals surface area contributed by atoms with Gasteiger partial charge in [0.1, 0.15) is 11.3 Å². The molecule has 0 unspecified atom stereocenters. The summed E-state index contributed by atoms with van der Waals surface area (Å²) in [7, 11) is 0. The summed E-state index contributed by atoms with van der Waals surface area (Å²) in [5, 5.41) is 0. The lowest BCUT2D eigenvalue weighted by Gasteiger charge is -2.11. The molecule has 0 bridgehead atoms. The van der Waals surface area contributed by atoms with Crippen LogP contribution in [0.15, 0.2) is 28.7 Å². The first-order valence-electron chi connectivity index (χ1n) is 6.28. The van der Waals surface area contributed by atoms with E-state index in [2.05, 4.69) is 20.9 Å². The van der Waals surface area contributed by atoms with Crippen LogP contribution in [0.2, 0.25) is 0 Å². The zero-order chi connectivity index (χ0) is 15.3. The minimum absolute atomic E-state index is 0.0622. The number of aromatic nitrogens is 2. The Morgan fingerprint density at radius 2 is 1.71 bits per heavy atom. The number of nitrogens with zero attached hydrogens (tertiary/aromatic N) is 2. The average molecular weight is 352 g/mol. The summed E-state index contributed by atoms with van der Waals surface area (Å²) < 4.78 is 29.8. The lowest BCUT2D eigenvalue weighted by atomic mass is 10.1. The second-order valence-corrected chi connectivity index (χ2v) is 5.75. The number of halogens is 3. The van der Waals surface area contributed by atoms with Crippen LogP contribution in [-0.4, -0.2) is 9.55 Å². The third-order valence-electron chi connectivity index (χ3n) is 3.38. The minimum atomic E-state index is -0.721. The van der Waals surface area contributed by atoms with Gasteiger partial charge in [-0.1, -0.05) is 15.9 Å². The molecule has 2 N–H and O–H groups in total. The van der Waals surface area contributed by atoms with Crippen LogP contribution in [0.4, 0.5) is 14.7 Å². The van der Waals surface area contributed by atoms with Crippen molar-refractivity contribution in [2.45, 2.75) is 13.8 Å². The number of fused-ring (bicyclic) bond motifs is 1. The van der Waals surface area contributed by atoms with E-state index in [9.17, 15) is 8.78 Å². The van der Waals surface area contributed by atoms with Gasteiger partial charge in [-0.25, -0.2) is 13.8 Å². The Hall–Kier alpha value is -1.95. The third-order valence-corrected chi connectivity index (χ3v) is 4.63. The molecule has 0 aliphatic heterocycles. The molecule has 0 aliphatic carbocycles. The number of nitrogen functional groups attached to an aromatic ring is 1. The molecule has 0 saturated carbocycles. The van der Waals surface area contributed by atoms with Crippen molar-refractivity contribution in [3.8, 4) is 5.69 Å². The molecular formula is C15H12BrF2N3. The molecule has 0 radical (unpaired) electrons. The standard InChI is InChI=1S/C15H12BrF2N3/c1-7-3-10(4-8(2)13(7)16)21-12-6-9(17)5-11(18)14(12)20-15(21)19/h3-6H,1-2H3,(H2,19,20). The molecule has 0 amide bonds. The minimum Gasteiger partial charge on any atom is -0.369 e. The van der Waals surface area contributed by atoms with Crippen LogP contribution >= 0.6 is 15.9 Å². The van der Waals surface area contributed by atoms with Crippen molar-refractivity contribution in [2.75, 3.05) is 5.73 Å². The van der Waals surface area contributed by atoms with Crippen molar-refractivity contribution >= 4 is 32.9 Å². The van der Waals surface area contributed by atoms with Crippen LogP contribution in [0, 0.1) is 25.5 Å². The lowest BCUT2D eigenvalue weighted by molar-refractivity contribution is 0.590. The molecule has 2 aromatic carbocycles. The summed E-state index contributed by atoms with van der Waals surface area (Å²) in [5.41, 5.74) is 8.99. The molecule has 0 spiro atoms. The number of nitrogens with two attached hydrogens (primary N) is 1. The van der Waals surface area contributed by atoms with E-state index in [4.69, 9.17) is 5.73 Å². The van der Waals surface area contributed by atoms with Gasteiger partial charge in [-0.15, -0.1) is 0 Å². The first-order chi connectivity index (χ1) is 9.88. The fourth-order valence-electron chi connectivity index (χ4n) is 2.44. The predicted octanol–water partition coefficient (Wildman–Crippen LogP) is 4.27. The Bertz CT molecular complexity index is 848. The van der Waals surface area contributed by atoms with Crippen molar-refractivity contribution in [1.29, 1.82) is 0 Å². The summed E-state index contributed by atoms with van der Waals surface area (Å²) >= 11 is 3.49. The molecule has 0 atom stereocenters. The van der Waals surface area contributed by atoms with E-state index in [-0.39, 0.29) is 11.5 Å². The summed E-state index contributed by atoms with van der Waals surface area (Å²) in [5.74, 6) is -1.26. The lowest BCUT2D eigenvalue weighted by Crippen LogP contribution is -2.02. The molecule has 3 aromatic rings. The highest BCUT2D eigenvalue weighted by atomic mass is 79.9. The molecule has 0 saturated heterocycles. The molecule has 1 aromatic heterocycles. The predicted molar refractivity (Wildman–Crippen MR) is 82.6 cm³/mol. The van der Waals surface area contributed by atoms with Gasteiger partial charge in [0.2, 0.25) is 5.95 Å². The van der Waals surface area contributed by atoms with Crippen LogP contribution in [0.1, 0.15) is 11.1 Å². The van der Waals surface area contributed by atoms with Crippen LogP contribution < -0.4 is 5.73 Å². The van der Waals surface area contributed by atoms with Gasteiger partial charge in [0.05, 0.1) is 5.52 Å². The highest BCUT2D eigenvalue weighted by Crippen LogP contribution is 2.30. The summed E-state index contributed by atoms with van der Waals surface area (Å²) in [6, 6.07) is 5.81. The molecule has 21 heavy (non-hydrogen) atoms. The maximum absolute atomic E-state index is 13.8. The number of hydrogen-bond donors (Lipinski definition) is 1. The van der Waals surface area contributed by atoms with E-state index in [1.807, 2.05) is 26.0 Å². The topological polar surface area (TPSA) is 43.8 Å². The second kappa shape index (κ2) is 4.80. The van der Waals surface area contributed by atoms with Crippen LogP contribution in [0.25, 0.3) is 16.7 Å². The van der Waals surface area contributed by atoms with Crippen molar-refractivity contribution in [1.82, 2.24) is 9.55 Å². The van der Waals surface area contributed by atoms with Gasteiger partial charge in [0, 0.05) is 22.3 Å². The molecule has 0 aliphatic rings. The van der Waals surface area contributed by atoms with E-state index in [1.165, 1.54) is 6.07 Å². The fourth-order valence-corrected chi connectivity index (χ4v) is 2.67. The Kier molecular flexibility index (Phi) is 3.20. The van der Waals surface area contributed by atoms with Gasteiger partial charge in [-0.2, -0.15) is 0 Å². The van der Waals surface area contributed by atoms with Gasteiger partial charge < -0.3 is 5.73 Å². The summed E-state index contributed by atoms with van der Waals surface area (Å²) in [6.45, 7) is 3.88. The van der Waals surface area contributed by atoms with Gasteiger partial charge in [-0.05, 0) is 37.1 Å². The molecule has 3 nitrogen and oxygen atoms in total. The van der Waals surface area contributed by atoms with Crippen LogP contribution in [0.3, 0.4) is 0 Å². The highest BCUT2D eigenvalue weighted by Gasteiger charge is 2.16. The Morgan fingerprint density at radius 3 is 2.33 bits per heavy atom. The Balaban J connectivity index is 2.37. The largest absolute Gasteiger partial charge is 0.369 e. The van der Waals surface area contributed by atoms with E-state index in [1.54, 1.807) is 4.57 Å². The number of rotatable bonds is 1. The monoisotopic (exact) mass is 351 g/mol. The summed E-state index contributed by atoms with van der Waals surface area (Å²) in [6.07, 6.45) is 0. The maximum atomic E-state index is 13.8. The zero-order valence-electron chi connectivity index (χ0n) is 11.4. The molecule has 3 rings (SSSR count). The van der Waals surface area contributed by atoms with Crippen molar-refractivity contribution < 1.29 is 8.78 Å². The molecule has 1 heterocycles. The quantitative estimate of drug-likeness (QED) is 0.711. The fraction of sp³-hybridized carbons (Fsp3) is 0.133. The zero-order valence-corrected chi connectivity index (χ0v) is 13.0. The highest BCUT2D eigenvalue weighted by molar-refractivity contribution is 9.10. The Morgan fingerprint density at radius 1 is 1.10 bits per heavy atom. The first kappa shape index (κ1) is 14.0. The van der Waals surface area contributed by atoms with Gasteiger partial charge >= 0.3 is 0 Å². The molecule has 0 fully saturated rings. The number of benzene rings is 2. The van der Waals surface area contributed by atoms with Crippen molar-refractivity contribution in [2.24, 2.45) is 0 Å². The van der Waals surface area contributed by atoms with E-state index in [0.717, 1.165) is 27.4 Å². The number of aryl methyl sites for hydroxylation is 2. The van der Waals surface area contributed by atoms with Gasteiger partial charge in [0.25, 0.3) is 0 Å². The van der Waals surface area contributed by atoms with Crippen molar-refractivity contribution in [3.05, 3.63) is 51.5 Å². The van der Waals surface area contributed by atoms with E-state index >= 15 is 0 Å². The molecule has 108 valence electrons. The number of anilines is 1. The van der Waals surface area contributed by atoms with E-state index < -0.39 is 11.6 Å². The number of imidazole rings is 1. The first-order valence-corrected chi connectivity index (χ1v) is 7.08. The Labute approximate surface area is 128 Å². The summed E-state index contributed by atoms with van der Waals surface area (Å²) in [4.78, 5) is 4.00. The molecule has 6 heteroatoms. The SMILES string of the molecule is Cc1cc(-n2c(N)nc3c(F)cc(F)cc32)cc(C)c1Br. The average Bonchev–Trinajstić information content (AvgIpc) is 2.72. The third kappa shape index (κ3) is 2.19. The molecular weight excluding hydrogens is 340 g/mol. The van der Waals surface area contributed by atoms with Crippen molar-refractivity contribution in [3.63, 3.8) is 0 Å². The van der Waals surface area contributed by atoms with Gasteiger partial charge in [-0.3, -0.25) is 4.57 Å². The second-order valence-electron chi connectivity index (χ2n) is 4.95. The smallest absolute Gasteiger partial charge is 0.206 e. The van der Waals surface area contributed by atoms with E-state index in [0.29, 0.717) is 5.52 Å². The maximum Gasteiger partial charge on any atom is 0.206 e. The van der Waals surface area contributed by atoms with Crippen LogP contribution in [-0.2, 0) is 0 Å². The van der Waals surface area contributed by atoms with Crippen LogP contribution in [0.5, 0.6) is 0 Å². The number of hydrogen-bond acceptors (Lipinski definition) is 2.